The van der Waals surface area contributed by atoms with Gasteiger partial charge in [-0.25, -0.2) is 0 Å². The minimum absolute atomic E-state index is 0.292. The van der Waals surface area contributed by atoms with E-state index in [-0.39, 0.29) is 0 Å². The van der Waals surface area contributed by atoms with Gasteiger partial charge in [-0.3, -0.25) is 0 Å². The van der Waals surface area contributed by atoms with E-state index in [0.717, 1.165) is 12.2 Å². The molecule has 0 radical (unpaired) electrons. The highest BCUT2D eigenvalue weighted by molar-refractivity contribution is 4.88. The zero-order chi connectivity index (χ0) is 8.48. The molecule has 62 valence electrons. The van der Waals surface area contributed by atoms with Crippen LogP contribution in [0.15, 0.2) is 6.33 Å². The van der Waals surface area contributed by atoms with Crippen molar-refractivity contribution in [3.05, 3.63) is 12.2 Å². The van der Waals surface area contributed by atoms with E-state index in [1.165, 1.54) is 0 Å². The molecule has 0 aliphatic carbocycles. The van der Waals surface area contributed by atoms with E-state index < -0.39 is 0 Å². The maximum absolute atomic E-state index is 4.01. The van der Waals surface area contributed by atoms with Crippen molar-refractivity contribution in [2.24, 2.45) is 12.5 Å². The molecule has 0 saturated heterocycles. The monoisotopic (exact) mass is 153 g/mol. The fraction of sp³-hybridized carbons (Fsp3) is 0.750. The second kappa shape index (κ2) is 2.64. The van der Waals surface area contributed by atoms with Gasteiger partial charge < -0.3 is 4.57 Å². The average Bonchev–Trinajstić information content (AvgIpc) is 2.12. The van der Waals surface area contributed by atoms with Gasteiger partial charge in [-0.2, -0.15) is 0 Å². The first-order chi connectivity index (χ1) is 4.99. The van der Waals surface area contributed by atoms with Crippen LogP contribution < -0.4 is 0 Å². The first kappa shape index (κ1) is 8.24. The van der Waals surface area contributed by atoms with E-state index in [4.69, 9.17) is 0 Å². The van der Waals surface area contributed by atoms with E-state index in [1.807, 2.05) is 11.6 Å². The smallest absolute Gasteiger partial charge is 0.133 e. The van der Waals surface area contributed by atoms with Gasteiger partial charge in [-0.05, 0) is 5.41 Å². The number of hydrogen-bond acceptors (Lipinski definition) is 2. The highest BCUT2D eigenvalue weighted by Gasteiger charge is 2.14. The first-order valence-electron chi connectivity index (χ1n) is 3.82. The third-order valence-electron chi connectivity index (χ3n) is 1.49. The Morgan fingerprint density at radius 2 is 2.09 bits per heavy atom. The Balaban J connectivity index is 2.72. The SMILES string of the molecule is Cn1cnnc1CC(C)(C)C. The molecule has 0 fully saturated rings. The lowest BCUT2D eigenvalue weighted by molar-refractivity contribution is 0.395. The van der Waals surface area contributed by atoms with Crippen LogP contribution in [0.25, 0.3) is 0 Å². The van der Waals surface area contributed by atoms with Crippen LogP contribution in [0.5, 0.6) is 0 Å². The van der Waals surface area contributed by atoms with Crippen LogP contribution in [0.2, 0.25) is 0 Å². The Labute approximate surface area is 67.4 Å². The minimum atomic E-state index is 0.292. The van der Waals surface area contributed by atoms with Crippen molar-refractivity contribution in [3.63, 3.8) is 0 Å². The third kappa shape index (κ3) is 2.33. The van der Waals surface area contributed by atoms with Gasteiger partial charge in [-0.15, -0.1) is 10.2 Å². The third-order valence-corrected chi connectivity index (χ3v) is 1.49. The lowest BCUT2D eigenvalue weighted by atomic mass is 9.92. The molecule has 0 aliphatic heterocycles. The van der Waals surface area contributed by atoms with E-state index in [2.05, 4.69) is 31.0 Å². The Kier molecular flexibility index (Phi) is 1.98. The molecule has 1 aromatic heterocycles. The Hall–Kier alpha value is -0.860. The number of nitrogens with zero attached hydrogens (tertiary/aromatic N) is 3. The molecule has 3 nitrogen and oxygen atoms in total. The van der Waals surface area contributed by atoms with Crippen LogP contribution >= 0.6 is 0 Å². The number of hydrogen-bond donors (Lipinski definition) is 0. The summed E-state index contributed by atoms with van der Waals surface area (Å²) in [6.07, 6.45) is 2.71. The normalized spacial score (nSPS) is 12.0. The van der Waals surface area contributed by atoms with Crippen molar-refractivity contribution < 1.29 is 0 Å². The Morgan fingerprint density at radius 1 is 1.45 bits per heavy atom. The summed E-state index contributed by atoms with van der Waals surface area (Å²) in [6, 6.07) is 0. The number of rotatable bonds is 1. The molecule has 11 heavy (non-hydrogen) atoms. The van der Waals surface area contributed by atoms with E-state index in [0.29, 0.717) is 5.41 Å². The molecule has 1 aromatic rings. The molecule has 0 saturated carbocycles. The fourth-order valence-electron chi connectivity index (χ4n) is 0.942. The largest absolute Gasteiger partial charge is 0.321 e. The van der Waals surface area contributed by atoms with Gasteiger partial charge in [0.1, 0.15) is 12.2 Å². The van der Waals surface area contributed by atoms with Gasteiger partial charge in [0, 0.05) is 13.5 Å². The molecule has 0 N–H and O–H groups in total. The standard InChI is InChI=1S/C8H15N3/c1-8(2,3)5-7-10-9-6-11(7)4/h6H,5H2,1-4H3. The van der Waals surface area contributed by atoms with Gasteiger partial charge in [0.25, 0.3) is 0 Å². The van der Waals surface area contributed by atoms with Crippen LogP contribution in [0.3, 0.4) is 0 Å². The van der Waals surface area contributed by atoms with Crippen molar-refractivity contribution in [1.82, 2.24) is 14.8 Å². The molecule has 3 heteroatoms. The van der Waals surface area contributed by atoms with Crippen molar-refractivity contribution >= 4 is 0 Å². The molecular formula is C8H15N3. The van der Waals surface area contributed by atoms with E-state index >= 15 is 0 Å². The van der Waals surface area contributed by atoms with Gasteiger partial charge >= 0.3 is 0 Å². The maximum atomic E-state index is 4.01. The molecule has 0 amide bonds. The zero-order valence-corrected chi connectivity index (χ0v) is 7.63. The van der Waals surface area contributed by atoms with Crippen molar-refractivity contribution in [2.75, 3.05) is 0 Å². The minimum Gasteiger partial charge on any atom is -0.321 e. The highest BCUT2D eigenvalue weighted by atomic mass is 15.2. The molecule has 0 aliphatic rings. The summed E-state index contributed by atoms with van der Waals surface area (Å²) in [5.74, 6) is 1.05. The van der Waals surface area contributed by atoms with Crippen molar-refractivity contribution in [2.45, 2.75) is 27.2 Å². The Bertz CT molecular complexity index is 232. The molecule has 0 aromatic carbocycles. The molecular weight excluding hydrogens is 138 g/mol. The summed E-state index contributed by atoms with van der Waals surface area (Å²) in [6.45, 7) is 6.59. The quantitative estimate of drug-likeness (QED) is 0.610. The molecule has 0 atom stereocenters. The van der Waals surface area contributed by atoms with E-state index in [9.17, 15) is 0 Å². The van der Waals surface area contributed by atoms with Gasteiger partial charge in [0.2, 0.25) is 0 Å². The molecule has 0 bridgehead atoms. The lowest BCUT2D eigenvalue weighted by Crippen LogP contribution is -2.12. The molecule has 0 unspecified atom stereocenters. The van der Waals surface area contributed by atoms with Crippen molar-refractivity contribution in [3.8, 4) is 0 Å². The van der Waals surface area contributed by atoms with Crippen LogP contribution in [0, 0.1) is 5.41 Å². The number of aryl methyl sites for hydroxylation is 1. The maximum Gasteiger partial charge on any atom is 0.133 e. The molecule has 1 heterocycles. The number of aromatic nitrogens is 3. The van der Waals surface area contributed by atoms with Crippen LogP contribution in [0.1, 0.15) is 26.6 Å². The first-order valence-corrected chi connectivity index (χ1v) is 3.82. The van der Waals surface area contributed by atoms with Crippen LogP contribution in [-0.2, 0) is 13.5 Å². The Morgan fingerprint density at radius 3 is 2.45 bits per heavy atom. The summed E-state index contributed by atoms with van der Waals surface area (Å²) in [4.78, 5) is 0. The van der Waals surface area contributed by atoms with E-state index in [1.54, 1.807) is 6.33 Å². The fourth-order valence-corrected chi connectivity index (χ4v) is 0.942. The van der Waals surface area contributed by atoms with Crippen LogP contribution in [-0.4, -0.2) is 14.8 Å². The highest BCUT2D eigenvalue weighted by Crippen LogP contribution is 2.18. The van der Waals surface area contributed by atoms with Gasteiger partial charge in [0.05, 0.1) is 0 Å². The molecule has 1 rings (SSSR count). The van der Waals surface area contributed by atoms with Gasteiger partial charge in [0.15, 0.2) is 0 Å². The summed E-state index contributed by atoms with van der Waals surface area (Å²) in [7, 11) is 1.97. The summed E-state index contributed by atoms with van der Waals surface area (Å²) < 4.78 is 1.96. The second-order valence-corrected chi connectivity index (χ2v) is 4.10. The lowest BCUT2D eigenvalue weighted by Gasteiger charge is -2.16. The molecule has 0 spiro atoms. The summed E-state index contributed by atoms with van der Waals surface area (Å²) >= 11 is 0. The zero-order valence-electron chi connectivity index (χ0n) is 7.63. The van der Waals surface area contributed by atoms with Crippen LogP contribution in [0.4, 0.5) is 0 Å². The van der Waals surface area contributed by atoms with Crippen molar-refractivity contribution in [1.29, 1.82) is 0 Å². The second-order valence-electron chi connectivity index (χ2n) is 4.10. The summed E-state index contributed by atoms with van der Waals surface area (Å²) in [5, 5.41) is 7.83. The average molecular weight is 153 g/mol. The van der Waals surface area contributed by atoms with Gasteiger partial charge in [-0.1, -0.05) is 20.8 Å². The predicted molar refractivity (Wildman–Crippen MR) is 44.2 cm³/mol. The topological polar surface area (TPSA) is 30.7 Å². The predicted octanol–water partition coefficient (Wildman–Crippen LogP) is 1.40. The summed E-state index contributed by atoms with van der Waals surface area (Å²) in [5.41, 5.74) is 0.292.